The van der Waals surface area contributed by atoms with Gasteiger partial charge in [-0.1, -0.05) is 13.3 Å². The van der Waals surface area contributed by atoms with E-state index in [0.29, 0.717) is 6.42 Å². The van der Waals surface area contributed by atoms with E-state index in [2.05, 4.69) is 11.8 Å². The molecule has 0 aliphatic carbocycles. The lowest BCUT2D eigenvalue weighted by Gasteiger charge is -2.16. The summed E-state index contributed by atoms with van der Waals surface area (Å²) in [5.74, 6) is -0.913. The molecule has 0 saturated heterocycles. The van der Waals surface area contributed by atoms with E-state index >= 15 is 0 Å². The first-order chi connectivity index (χ1) is 6.07. The maximum absolute atomic E-state index is 10.4. The van der Waals surface area contributed by atoms with Gasteiger partial charge in [-0.15, -0.1) is 0 Å². The van der Waals surface area contributed by atoms with Crippen molar-refractivity contribution in [2.45, 2.75) is 32.2 Å². The van der Waals surface area contributed by atoms with E-state index in [0.717, 1.165) is 25.9 Å². The van der Waals surface area contributed by atoms with Crippen LogP contribution >= 0.6 is 0 Å². The van der Waals surface area contributed by atoms with Crippen molar-refractivity contribution in [1.29, 1.82) is 0 Å². The molecule has 78 valence electrons. The van der Waals surface area contributed by atoms with Crippen LogP contribution in [0.3, 0.4) is 0 Å². The lowest BCUT2D eigenvalue weighted by Crippen LogP contribution is -2.34. The highest BCUT2D eigenvalue weighted by Gasteiger charge is 2.11. The standard InChI is InChI=1S/C9H20N2O2/c1-3-4-6-11(2)7-5-8(10)9(12)13/h8H,3-7,10H2,1-2H3,(H,12,13). The van der Waals surface area contributed by atoms with Gasteiger partial charge in [-0.25, -0.2) is 0 Å². The Labute approximate surface area is 79.7 Å². The third-order valence-corrected chi connectivity index (χ3v) is 2.03. The fourth-order valence-electron chi connectivity index (χ4n) is 1.02. The summed E-state index contributed by atoms with van der Waals surface area (Å²) in [6, 6.07) is -0.718. The lowest BCUT2D eigenvalue weighted by atomic mass is 10.2. The van der Waals surface area contributed by atoms with Crippen molar-refractivity contribution >= 4 is 5.97 Å². The number of unbranched alkanes of at least 4 members (excludes halogenated alkanes) is 1. The molecule has 0 amide bonds. The summed E-state index contributed by atoms with van der Waals surface area (Å²) in [5.41, 5.74) is 5.37. The van der Waals surface area contributed by atoms with Crippen LogP contribution in [0.1, 0.15) is 26.2 Å². The molecule has 0 aromatic heterocycles. The van der Waals surface area contributed by atoms with E-state index in [1.54, 1.807) is 0 Å². The Morgan fingerprint density at radius 3 is 2.62 bits per heavy atom. The highest BCUT2D eigenvalue weighted by atomic mass is 16.4. The largest absolute Gasteiger partial charge is 0.480 e. The molecule has 0 radical (unpaired) electrons. The van der Waals surface area contributed by atoms with Crippen LogP contribution in [0.4, 0.5) is 0 Å². The summed E-state index contributed by atoms with van der Waals surface area (Å²) in [4.78, 5) is 12.5. The van der Waals surface area contributed by atoms with Crippen molar-refractivity contribution in [2.24, 2.45) is 5.73 Å². The fraction of sp³-hybridized carbons (Fsp3) is 0.889. The molecular formula is C9H20N2O2. The number of hydrogen-bond donors (Lipinski definition) is 2. The van der Waals surface area contributed by atoms with Crippen LogP contribution in [0.15, 0.2) is 0 Å². The Balaban J connectivity index is 3.45. The zero-order valence-corrected chi connectivity index (χ0v) is 8.49. The Morgan fingerprint density at radius 1 is 1.54 bits per heavy atom. The van der Waals surface area contributed by atoms with Crippen LogP contribution in [-0.2, 0) is 4.79 Å². The third-order valence-electron chi connectivity index (χ3n) is 2.03. The zero-order valence-electron chi connectivity index (χ0n) is 8.49. The van der Waals surface area contributed by atoms with Gasteiger partial charge in [0.25, 0.3) is 0 Å². The molecule has 0 aliphatic heterocycles. The van der Waals surface area contributed by atoms with Crippen LogP contribution in [0.25, 0.3) is 0 Å². The summed E-state index contributed by atoms with van der Waals surface area (Å²) in [6.45, 7) is 3.91. The van der Waals surface area contributed by atoms with Gasteiger partial charge >= 0.3 is 5.97 Å². The number of carbonyl (C=O) groups is 1. The number of hydrogen-bond acceptors (Lipinski definition) is 3. The number of rotatable bonds is 7. The van der Waals surface area contributed by atoms with Crippen molar-refractivity contribution in [3.05, 3.63) is 0 Å². The number of nitrogens with zero attached hydrogens (tertiary/aromatic N) is 1. The van der Waals surface area contributed by atoms with Crippen molar-refractivity contribution in [2.75, 3.05) is 20.1 Å². The Kier molecular flexibility index (Phi) is 6.54. The van der Waals surface area contributed by atoms with Crippen molar-refractivity contribution in [1.82, 2.24) is 4.90 Å². The fourth-order valence-corrected chi connectivity index (χ4v) is 1.02. The quantitative estimate of drug-likeness (QED) is 0.611. The van der Waals surface area contributed by atoms with E-state index in [9.17, 15) is 4.79 Å². The second-order valence-electron chi connectivity index (χ2n) is 3.39. The summed E-state index contributed by atoms with van der Waals surface area (Å²) >= 11 is 0. The number of carboxylic acids is 1. The van der Waals surface area contributed by atoms with Gasteiger partial charge in [-0.2, -0.15) is 0 Å². The first-order valence-corrected chi connectivity index (χ1v) is 4.74. The first kappa shape index (κ1) is 12.4. The Hall–Kier alpha value is -0.610. The molecule has 13 heavy (non-hydrogen) atoms. The van der Waals surface area contributed by atoms with E-state index in [1.165, 1.54) is 0 Å². The minimum Gasteiger partial charge on any atom is -0.480 e. The van der Waals surface area contributed by atoms with Crippen LogP contribution in [0.2, 0.25) is 0 Å². The molecule has 0 spiro atoms. The number of aliphatic carboxylic acids is 1. The van der Waals surface area contributed by atoms with Crippen molar-refractivity contribution in [3.8, 4) is 0 Å². The maximum Gasteiger partial charge on any atom is 0.320 e. The molecule has 0 bridgehead atoms. The molecule has 0 aromatic carbocycles. The molecule has 0 aromatic rings. The molecule has 1 unspecified atom stereocenters. The predicted molar refractivity (Wildman–Crippen MR) is 52.6 cm³/mol. The molecule has 1 atom stereocenters. The van der Waals surface area contributed by atoms with Gasteiger partial charge in [0.15, 0.2) is 0 Å². The predicted octanol–water partition coefficient (Wildman–Crippen LogP) is 0.520. The van der Waals surface area contributed by atoms with E-state index in [1.807, 2.05) is 7.05 Å². The zero-order chi connectivity index (χ0) is 10.3. The normalized spacial score (nSPS) is 13.2. The molecule has 3 N–H and O–H groups in total. The molecule has 0 fully saturated rings. The Bertz CT molecular complexity index is 151. The lowest BCUT2D eigenvalue weighted by molar-refractivity contribution is -0.138. The van der Waals surface area contributed by atoms with Gasteiger partial charge < -0.3 is 15.7 Å². The maximum atomic E-state index is 10.4. The van der Waals surface area contributed by atoms with Crippen molar-refractivity contribution < 1.29 is 9.90 Å². The highest BCUT2D eigenvalue weighted by molar-refractivity contribution is 5.72. The smallest absolute Gasteiger partial charge is 0.320 e. The second-order valence-corrected chi connectivity index (χ2v) is 3.39. The van der Waals surface area contributed by atoms with E-state index < -0.39 is 12.0 Å². The molecule has 4 heteroatoms. The molecule has 0 aliphatic rings. The minimum absolute atomic E-state index is 0.523. The monoisotopic (exact) mass is 188 g/mol. The van der Waals surface area contributed by atoms with Gasteiger partial charge in [0.1, 0.15) is 6.04 Å². The second kappa shape index (κ2) is 6.86. The number of carboxylic acid groups (broad SMARTS) is 1. The topological polar surface area (TPSA) is 66.6 Å². The summed E-state index contributed by atoms with van der Waals surface area (Å²) in [7, 11) is 1.99. The molecular weight excluding hydrogens is 168 g/mol. The average Bonchev–Trinajstić information content (AvgIpc) is 2.10. The number of nitrogens with two attached hydrogens (primary N) is 1. The van der Waals surface area contributed by atoms with Crippen LogP contribution in [0.5, 0.6) is 0 Å². The summed E-state index contributed by atoms with van der Waals surface area (Å²) < 4.78 is 0. The summed E-state index contributed by atoms with van der Waals surface area (Å²) in [5, 5.41) is 8.53. The SMILES string of the molecule is CCCCN(C)CCC(N)C(=O)O. The van der Waals surface area contributed by atoms with Crippen molar-refractivity contribution in [3.63, 3.8) is 0 Å². The minimum atomic E-state index is -0.913. The molecule has 0 rings (SSSR count). The van der Waals surface area contributed by atoms with Crippen LogP contribution in [-0.4, -0.2) is 42.2 Å². The Morgan fingerprint density at radius 2 is 2.15 bits per heavy atom. The van der Waals surface area contributed by atoms with Gasteiger partial charge in [0, 0.05) is 0 Å². The van der Waals surface area contributed by atoms with Crippen LogP contribution < -0.4 is 5.73 Å². The van der Waals surface area contributed by atoms with E-state index in [4.69, 9.17) is 10.8 Å². The average molecular weight is 188 g/mol. The van der Waals surface area contributed by atoms with Gasteiger partial charge in [0.2, 0.25) is 0 Å². The van der Waals surface area contributed by atoms with Gasteiger partial charge in [-0.3, -0.25) is 4.79 Å². The first-order valence-electron chi connectivity index (χ1n) is 4.74. The molecule has 0 saturated carbocycles. The van der Waals surface area contributed by atoms with Crippen LogP contribution in [0, 0.1) is 0 Å². The molecule has 0 heterocycles. The van der Waals surface area contributed by atoms with Gasteiger partial charge in [0.05, 0.1) is 0 Å². The third kappa shape index (κ3) is 6.54. The highest BCUT2D eigenvalue weighted by Crippen LogP contribution is 1.95. The summed E-state index contributed by atoms with van der Waals surface area (Å²) in [6.07, 6.45) is 2.84. The molecule has 4 nitrogen and oxygen atoms in total. The van der Waals surface area contributed by atoms with Gasteiger partial charge in [-0.05, 0) is 33.0 Å². The van der Waals surface area contributed by atoms with E-state index in [-0.39, 0.29) is 0 Å².